The van der Waals surface area contributed by atoms with Crippen LogP contribution in [0.2, 0.25) is 0 Å². The summed E-state index contributed by atoms with van der Waals surface area (Å²) in [5.74, 6) is -1.24. The zero-order valence-electron chi connectivity index (χ0n) is 23.4. The molecule has 7 atom stereocenters. The van der Waals surface area contributed by atoms with Crippen LogP contribution >= 0.6 is 0 Å². The van der Waals surface area contributed by atoms with Gasteiger partial charge in [0.25, 0.3) is 0 Å². The predicted octanol–water partition coefficient (Wildman–Crippen LogP) is 3.29. The van der Waals surface area contributed by atoms with Crippen LogP contribution in [0.3, 0.4) is 0 Å². The standard InChI is InChI=1S/C30H41N3O6/c1-18(2)38-16-8-15-33-26(28(35)32-22-12-6-5-9-19(22)3)30-14-13-23(39-30)24(25(30)29(33)36)27(34)31-20-10-7-11-21(17-20)37-4/h7,10-11,13-14,17-19,22-26H,5-6,8-9,12,15-16H2,1-4H3,(H,31,34)(H,32,35)/t19-,22-,23+,24-,25+,26+,30+/m1/s1. The second-order valence-electron chi connectivity index (χ2n) is 11.6. The largest absolute Gasteiger partial charge is 0.497 e. The number of methoxy groups -OCH3 is 1. The number of benzene rings is 1. The Hall–Kier alpha value is -2.91. The van der Waals surface area contributed by atoms with Crippen molar-refractivity contribution in [2.24, 2.45) is 17.8 Å². The van der Waals surface area contributed by atoms with Crippen molar-refractivity contribution in [2.45, 2.75) is 82.8 Å². The van der Waals surface area contributed by atoms with Crippen LogP contribution < -0.4 is 15.4 Å². The number of carbonyl (C=O) groups excluding carboxylic acids is 3. The van der Waals surface area contributed by atoms with Crippen LogP contribution in [0.5, 0.6) is 5.75 Å². The molecular formula is C30H41N3O6. The molecule has 2 saturated heterocycles. The fourth-order valence-corrected chi connectivity index (χ4v) is 6.78. The molecule has 4 aliphatic rings. The minimum absolute atomic E-state index is 0.0673. The number of carbonyl (C=O) groups is 3. The normalized spacial score (nSPS) is 32.9. The van der Waals surface area contributed by atoms with Gasteiger partial charge in [0.2, 0.25) is 17.7 Å². The van der Waals surface area contributed by atoms with Gasteiger partial charge in [-0.15, -0.1) is 0 Å². The third kappa shape index (κ3) is 5.18. The van der Waals surface area contributed by atoms with E-state index in [1.165, 1.54) is 6.42 Å². The quantitative estimate of drug-likeness (QED) is 0.349. The molecule has 3 amide bonds. The van der Waals surface area contributed by atoms with Gasteiger partial charge in [0.05, 0.1) is 31.2 Å². The van der Waals surface area contributed by atoms with Gasteiger partial charge in [-0.2, -0.15) is 0 Å². The molecular weight excluding hydrogens is 498 g/mol. The number of nitrogens with one attached hydrogen (secondary N) is 2. The molecule has 3 fully saturated rings. The highest BCUT2D eigenvalue weighted by Crippen LogP contribution is 2.55. The molecule has 3 heterocycles. The first-order chi connectivity index (χ1) is 18.7. The monoisotopic (exact) mass is 539 g/mol. The van der Waals surface area contributed by atoms with Crippen molar-refractivity contribution in [3.8, 4) is 5.75 Å². The molecule has 2 N–H and O–H groups in total. The summed E-state index contributed by atoms with van der Waals surface area (Å²) in [5, 5.41) is 6.21. The molecule has 1 aliphatic carbocycles. The molecule has 9 nitrogen and oxygen atoms in total. The van der Waals surface area contributed by atoms with Crippen molar-refractivity contribution >= 4 is 23.4 Å². The van der Waals surface area contributed by atoms with E-state index in [1.54, 1.807) is 36.3 Å². The lowest BCUT2D eigenvalue weighted by Crippen LogP contribution is -2.57. The lowest BCUT2D eigenvalue weighted by atomic mass is 9.74. The maximum atomic E-state index is 14.0. The molecule has 39 heavy (non-hydrogen) atoms. The average Bonchev–Trinajstić information content (AvgIpc) is 3.55. The van der Waals surface area contributed by atoms with Crippen molar-refractivity contribution in [2.75, 3.05) is 25.6 Å². The van der Waals surface area contributed by atoms with Crippen molar-refractivity contribution < 1.29 is 28.6 Å². The SMILES string of the molecule is COc1cccc(NC(=O)[C@@H]2[C@@H]3C=C[C@]4(O3)[C@@H]2C(=O)N(CCCOC(C)C)[C@H]4C(=O)N[C@@H]2CCCC[C@H]2C)c1. The lowest BCUT2D eigenvalue weighted by Gasteiger charge is -2.36. The maximum Gasteiger partial charge on any atom is 0.246 e. The number of rotatable bonds is 10. The van der Waals surface area contributed by atoms with Gasteiger partial charge < -0.3 is 29.7 Å². The summed E-state index contributed by atoms with van der Waals surface area (Å²) in [4.78, 5) is 43.2. The molecule has 0 radical (unpaired) electrons. The van der Waals surface area contributed by atoms with Gasteiger partial charge in [0.15, 0.2) is 0 Å². The molecule has 5 rings (SSSR count). The topological polar surface area (TPSA) is 106 Å². The van der Waals surface area contributed by atoms with E-state index in [0.29, 0.717) is 36.9 Å². The van der Waals surface area contributed by atoms with Crippen LogP contribution in [-0.4, -0.2) is 72.8 Å². The number of fused-ring (bicyclic) bond motifs is 1. The summed E-state index contributed by atoms with van der Waals surface area (Å²) in [6, 6.07) is 6.33. The number of hydrogen-bond acceptors (Lipinski definition) is 6. The third-order valence-electron chi connectivity index (χ3n) is 8.70. The minimum atomic E-state index is -1.17. The molecule has 0 aromatic heterocycles. The molecule has 1 spiro atoms. The second-order valence-corrected chi connectivity index (χ2v) is 11.6. The van der Waals surface area contributed by atoms with Crippen molar-refractivity contribution in [1.29, 1.82) is 0 Å². The van der Waals surface area contributed by atoms with Gasteiger partial charge in [0.1, 0.15) is 17.4 Å². The van der Waals surface area contributed by atoms with Crippen LogP contribution in [-0.2, 0) is 23.9 Å². The molecule has 212 valence electrons. The van der Waals surface area contributed by atoms with Gasteiger partial charge in [0, 0.05) is 30.9 Å². The van der Waals surface area contributed by atoms with Crippen LogP contribution in [0.1, 0.15) is 52.9 Å². The Bertz CT molecular complexity index is 1120. The second kappa shape index (κ2) is 11.3. The number of likely N-dealkylation sites (tertiary alicyclic amines) is 1. The van der Waals surface area contributed by atoms with Crippen molar-refractivity contribution in [3.05, 3.63) is 36.4 Å². The molecule has 9 heteroatoms. The smallest absolute Gasteiger partial charge is 0.246 e. The highest BCUT2D eigenvalue weighted by molar-refractivity contribution is 6.02. The molecule has 2 bridgehead atoms. The van der Waals surface area contributed by atoms with Gasteiger partial charge >= 0.3 is 0 Å². The molecule has 0 unspecified atom stereocenters. The van der Waals surface area contributed by atoms with E-state index in [0.717, 1.165) is 19.3 Å². The number of ether oxygens (including phenoxy) is 3. The summed E-state index contributed by atoms with van der Waals surface area (Å²) >= 11 is 0. The Balaban J connectivity index is 1.40. The summed E-state index contributed by atoms with van der Waals surface area (Å²) in [6.45, 7) is 6.94. The van der Waals surface area contributed by atoms with E-state index in [2.05, 4.69) is 17.6 Å². The van der Waals surface area contributed by atoms with Crippen LogP contribution in [0.15, 0.2) is 36.4 Å². The van der Waals surface area contributed by atoms with Crippen LogP contribution in [0, 0.1) is 17.8 Å². The first kappa shape index (κ1) is 27.6. The first-order valence-corrected chi connectivity index (χ1v) is 14.3. The number of hydrogen-bond donors (Lipinski definition) is 2. The Morgan fingerprint density at radius 2 is 2.00 bits per heavy atom. The Morgan fingerprint density at radius 3 is 2.74 bits per heavy atom. The van der Waals surface area contributed by atoms with E-state index in [1.807, 2.05) is 26.0 Å². The summed E-state index contributed by atoms with van der Waals surface area (Å²) in [7, 11) is 1.57. The van der Waals surface area contributed by atoms with E-state index < -0.39 is 29.6 Å². The average molecular weight is 540 g/mol. The molecule has 1 saturated carbocycles. The van der Waals surface area contributed by atoms with Crippen molar-refractivity contribution in [1.82, 2.24) is 10.2 Å². The van der Waals surface area contributed by atoms with Crippen LogP contribution in [0.4, 0.5) is 5.69 Å². The fraction of sp³-hybridized carbons (Fsp3) is 0.633. The zero-order chi connectivity index (χ0) is 27.7. The number of amides is 3. The predicted molar refractivity (Wildman–Crippen MR) is 146 cm³/mol. The third-order valence-corrected chi connectivity index (χ3v) is 8.70. The van der Waals surface area contributed by atoms with Gasteiger partial charge in [-0.05, 0) is 51.2 Å². The minimum Gasteiger partial charge on any atom is -0.497 e. The summed E-state index contributed by atoms with van der Waals surface area (Å²) in [6.07, 6.45) is 8.04. The molecule has 1 aromatic rings. The highest BCUT2D eigenvalue weighted by Gasteiger charge is 2.72. The summed E-state index contributed by atoms with van der Waals surface area (Å²) < 4.78 is 17.4. The summed E-state index contributed by atoms with van der Waals surface area (Å²) in [5.41, 5.74) is -0.590. The molecule has 3 aliphatic heterocycles. The first-order valence-electron chi connectivity index (χ1n) is 14.3. The molecule has 1 aromatic carbocycles. The van der Waals surface area contributed by atoms with Gasteiger partial charge in [-0.1, -0.05) is 38.0 Å². The van der Waals surface area contributed by atoms with Crippen molar-refractivity contribution in [3.63, 3.8) is 0 Å². The Labute approximate surface area is 230 Å². The Kier molecular flexibility index (Phi) is 8.01. The van der Waals surface area contributed by atoms with E-state index >= 15 is 0 Å². The Morgan fingerprint density at radius 1 is 1.21 bits per heavy atom. The van der Waals surface area contributed by atoms with Gasteiger partial charge in [-0.25, -0.2) is 0 Å². The maximum absolute atomic E-state index is 14.0. The number of anilines is 1. The van der Waals surface area contributed by atoms with Crippen LogP contribution in [0.25, 0.3) is 0 Å². The zero-order valence-corrected chi connectivity index (χ0v) is 23.4. The van der Waals surface area contributed by atoms with E-state index in [4.69, 9.17) is 14.2 Å². The van der Waals surface area contributed by atoms with E-state index in [9.17, 15) is 14.4 Å². The van der Waals surface area contributed by atoms with E-state index in [-0.39, 0.29) is 29.9 Å². The fourth-order valence-electron chi connectivity index (χ4n) is 6.78. The lowest BCUT2D eigenvalue weighted by molar-refractivity contribution is -0.141. The van der Waals surface area contributed by atoms with Gasteiger partial charge in [-0.3, -0.25) is 14.4 Å². The number of nitrogens with zero attached hydrogens (tertiary/aromatic N) is 1. The highest BCUT2D eigenvalue weighted by atomic mass is 16.5.